The highest BCUT2D eigenvalue weighted by molar-refractivity contribution is 5.85. The van der Waals surface area contributed by atoms with Crippen molar-refractivity contribution in [2.24, 2.45) is 5.92 Å². The van der Waals surface area contributed by atoms with Crippen molar-refractivity contribution in [3.05, 3.63) is 119 Å². The van der Waals surface area contributed by atoms with Gasteiger partial charge in [0.05, 0.1) is 0 Å². The molecule has 220 valence electrons. The zero-order chi connectivity index (χ0) is 30.1. The lowest BCUT2D eigenvalue weighted by Gasteiger charge is -2.33. The average molecular weight is 587 g/mol. The maximum Gasteiger partial charge on any atom is 0.430 e. The standard InChI is InChI=1S/C32H28F6N2O2/c33-31(34,35)30(42,32(36,37)38)26-15-13-23(14-16-26)28-20-40(29(41)39-18-21-7-2-1-3-8-21)19-25(28)17-24-11-6-10-22-9-4-5-12-27(22)24/h1-16,25,28,42H,17-20H2,(H,39,41)/t25-,28+/m1/s1. The van der Waals surface area contributed by atoms with Gasteiger partial charge in [-0.25, -0.2) is 4.79 Å². The maximum atomic E-state index is 13.4. The van der Waals surface area contributed by atoms with Crippen LogP contribution in [0.15, 0.2) is 97.1 Å². The molecule has 0 radical (unpaired) electrons. The molecule has 2 amide bonds. The number of aliphatic hydroxyl groups is 1. The molecule has 1 saturated heterocycles. The van der Waals surface area contributed by atoms with Crippen LogP contribution in [0.4, 0.5) is 31.1 Å². The van der Waals surface area contributed by atoms with Gasteiger partial charge in [0.25, 0.3) is 5.60 Å². The number of fused-ring (bicyclic) bond motifs is 1. The number of hydrogen-bond donors (Lipinski definition) is 2. The Morgan fingerprint density at radius 2 is 1.40 bits per heavy atom. The van der Waals surface area contributed by atoms with Crippen molar-refractivity contribution in [3.63, 3.8) is 0 Å². The summed E-state index contributed by atoms with van der Waals surface area (Å²) in [5.74, 6) is -0.543. The second-order valence-corrected chi connectivity index (χ2v) is 10.6. The van der Waals surface area contributed by atoms with Gasteiger partial charge in [-0.1, -0.05) is 97.1 Å². The Balaban J connectivity index is 1.44. The predicted octanol–water partition coefficient (Wildman–Crippen LogP) is 7.32. The fourth-order valence-corrected chi connectivity index (χ4v) is 5.72. The smallest absolute Gasteiger partial charge is 0.369 e. The molecule has 0 aliphatic carbocycles. The lowest BCUT2D eigenvalue weighted by Crippen LogP contribution is -2.53. The van der Waals surface area contributed by atoms with Gasteiger partial charge in [-0.15, -0.1) is 0 Å². The lowest BCUT2D eigenvalue weighted by atomic mass is 9.82. The van der Waals surface area contributed by atoms with Crippen molar-refractivity contribution in [2.75, 3.05) is 13.1 Å². The van der Waals surface area contributed by atoms with Crippen molar-refractivity contribution in [1.29, 1.82) is 0 Å². The highest BCUT2D eigenvalue weighted by Gasteiger charge is 2.71. The number of nitrogens with one attached hydrogen (secondary N) is 1. The van der Waals surface area contributed by atoms with E-state index >= 15 is 0 Å². The third kappa shape index (κ3) is 5.68. The second-order valence-electron chi connectivity index (χ2n) is 10.6. The maximum absolute atomic E-state index is 13.4. The Morgan fingerprint density at radius 1 is 0.786 bits per heavy atom. The number of halogens is 6. The van der Waals surface area contributed by atoms with Gasteiger partial charge in [0, 0.05) is 31.1 Å². The van der Waals surface area contributed by atoms with Gasteiger partial charge >= 0.3 is 18.4 Å². The summed E-state index contributed by atoms with van der Waals surface area (Å²) in [6.45, 7) is 0.862. The number of urea groups is 1. The van der Waals surface area contributed by atoms with Crippen LogP contribution >= 0.6 is 0 Å². The first-order valence-corrected chi connectivity index (χ1v) is 13.4. The fraction of sp³-hybridized carbons (Fsp3) is 0.281. The van der Waals surface area contributed by atoms with E-state index < -0.39 is 23.5 Å². The topological polar surface area (TPSA) is 52.6 Å². The zero-order valence-corrected chi connectivity index (χ0v) is 22.3. The highest BCUT2D eigenvalue weighted by Crippen LogP contribution is 2.50. The fourth-order valence-electron chi connectivity index (χ4n) is 5.72. The second kappa shape index (κ2) is 11.3. The van der Waals surface area contributed by atoms with Crippen LogP contribution in [0.1, 0.15) is 28.2 Å². The number of hydrogen-bond acceptors (Lipinski definition) is 2. The summed E-state index contributed by atoms with van der Waals surface area (Å²) < 4.78 is 80.6. The van der Waals surface area contributed by atoms with E-state index in [-0.39, 0.29) is 24.4 Å². The molecule has 0 aromatic heterocycles. The van der Waals surface area contributed by atoms with Crippen LogP contribution in [-0.4, -0.2) is 41.5 Å². The molecule has 0 saturated carbocycles. The molecule has 4 nitrogen and oxygen atoms in total. The molecular formula is C32H28F6N2O2. The molecule has 1 aliphatic heterocycles. The van der Waals surface area contributed by atoms with Crippen LogP contribution in [0.3, 0.4) is 0 Å². The van der Waals surface area contributed by atoms with Crippen molar-refractivity contribution in [3.8, 4) is 0 Å². The normalized spacial score (nSPS) is 17.9. The number of rotatable bonds is 6. The van der Waals surface area contributed by atoms with Gasteiger partial charge in [-0.3, -0.25) is 0 Å². The minimum absolute atomic E-state index is 0.173. The third-order valence-electron chi connectivity index (χ3n) is 7.95. The van der Waals surface area contributed by atoms with Gasteiger partial charge in [0.1, 0.15) is 0 Å². The minimum atomic E-state index is -5.97. The molecule has 0 spiro atoms. The van der Waals surface area contributed by atoms with Crippen LogP contribution in [0, 0.1) is 5.92 Å². The first kappa shape index (κ1) is 29.4. The summed E-state index contributed by atoms with van der Waals surface area (Å²) in [4.78, 5) is 14.8. The average Bonchev–Trinajstić information content (AvgIpc) is 3.39. The molecule has 5 rings (SSSR count). The van der Waals surface area contributed by atoms with Gasteiger partial charge in [-0.2, -0.15) is 26.3 Å². The third-order valence-corrected chi connectivity index (χ3v) is 7.95. The molecule has 10 heteroatoms. The Hall–Kier alpha value is -4.05. The van der Waals surface area contributed by atoms with E-state index in [2.05, 4.69) is 5.32 Å². The molecule has 42 heavy (non-hydrogen) atoms. The summed E-state index contributed by atoms with van der Waals surface area (Å²) >= 11 is 0. The highest BCUT2D eigenvalue weighted by atomic mass is 19.4. The molecule has 1 heterocycles. The van der Waals surface area contributed by atoms with Gasteiger partial charge in [0.2, 0.25) is 0 Å². The number of likely N-dealkylation sites (tertiary alicyclic amines) is 1. The van der Waals surface area contributed by atoms with Gasteiger partial charge < -0.3 is 15.3 Å². The molecule has 4 aromatic rings. The largest absolute Gasteiger partial charge is 0.430 e. The molecule has 4 aromatic carbocycles. The number of carbonyl (C=O) groups excluding carboxylic acids is 1. The molecule has 2 atom stereocenters. The van der Waals surface area contributed by atoms with Crippen LogP contribution in [0.25, 0.3) is 10.8 Å². The lowest BCUT2D eigenvalue weighted by molar-refractivity contribution is -0.376. The van der Waals surface area contributed by atoms with Crippen molar-refractivity contribution in [1.82, 2.24) is 10.2 Å². The molecule has 1 fully saturated rings. The Labute approximate surface area is 238 Å². The van der Waals surface area contributed by atoms with E-state index in [1.54, 1.807) is 4.90 Å². The predicted molar refractivity (Wildman–Crippen MR) is 147 cm³/mol. The molecular weight excluding hydrogens is 558 g/mol. The summed E-state index contributed by atoms with van der Waals surface area (Å²) in [5.41, 5.74) is -3.90. The Kier molecular flexibility index (Phi) is 7.94. The van der Waals surface area contributed by atoms with Gasteiger partial charge in [0.15, 0.2) is 0 Å². The van der Waals surface area contributed by atoms with Crippen LogP contribution in [0.5, 0.6) is 0 Å². The Bertz CT molecular complexity index is 1520. The van der Waals surface area contributed by atoms with E-state index in [0.29, 0.717) is 37.2 Å². The summed E-state index contributed by atoms with van der Waals surface area (Å²) in [7, 11) is 0. The molecule has 2 N–H and O–H groups in total. The summed E-state index contributed by atoms with van der Waals surface area (Å²) in [6.07, 6.45) is -11.4. The summed E-state index contributed by atoms with van der Waals surface area (Å²) in [6, 6.07) is 26.4. The number of benzene rings is 4. The quantitative estimate of drug-likeness (QED) is 0.233. The number of alkyl halides is 6. The Morgan fingerprint density at radius 3 is 2.07 bits per heavy atom. The molecule has 0 bridgehead atoms. The minimum Gasteiger partial charge on any atom is -0.369 e. The van der Waals surface area contributed by atoms with Crippen molar-refractivity contribution >= 4 is 16.8 Å². The van der Waals surface area contributed by atoms with E-state index in [4.69, 9.17) is 0 Å². The van der Waals surface area contributed by atoms with Crippen LogP contribution in [0.2, 0.25) is 0 Å². The van der Waals surface area contributed by atoms with Crippen LogP contribution < -0.4 is 5.32 Å². The number of carbonyl (C=O) groups is 1. The number of amides is 2. The van der Waals surface area contributed by atoms with Crippen molar-refractivity contribution in [2.45, 2.75) is 36.8 Å². The zero-order valence-electron chi connectivity index (χ0n) is 22.3. The first-order valence-electron chi connectivity index (χ1n) is 13.4. The molecule has 0 unspecified atom stereocenters. The summed E-state index contributed by atoms with van der Waals surface area (Å²) in [5, 5.41) is 14.8. The number of nitrogens with zero attached hydrogens (tertiary/aromatic N) is 1. The van der Waals surface area contributed by atoms with E-state index in [0.717, 1.165) is 21.9 Å². The molecule has 1 aliphatic rings. The SMILES string of the molecule is O=C(NCc1ccccc1)N1C[C@@H](Cc2cccc3ccccc23)[C@H](c2ccc(C(O)(C(F)(F)F)C(F)(F)F)cc2)C1. The van der Waals surface area contributed by atoms with E-state index in [9.17, 15) is 36.2 Å². The van der Waals surface area contributed by atoms with Crippen LogP contribution in [-0.2, 0) is 18.6 Å². The van der Waals surface area contributed by atoms with E-state index in [1.165, 1.54) is 12.1 Å². The first-order chi connectivity index (χ1) is 19.9. The van der Waals surface area contributed by atoms with E-state index in [1.807, 2.05) is 72.8 Å². The van der Waals surface area contributed by atoms with Crippen molar-refractivity contribution < 1.29 is 36.2 Å². The van der Waals surface area contributed by atoms with Gasteiger partial charge in [-0.05, 0) is 39.8 Å². The monoisotopic (exact) mass is 586 g/mol.